The van der Waals surface area contributed by atoms with E-state index >= 15 is 0 Å². The fourth-order valence-electron chi connectivity index (χ4n) is 0.805. The van der Waals surface area contributed by atoms with E-state index in [1.165, 1.54) is 0 Å². The zero-order valence-corrected chi connectivity index (χ0v) is 7.44. The Balaban J connectivity index is 3.46. The van der Waals surface area contributed by atoms with Gasteiger partial charge in [-0.3, -0.25) is 4.18 Å². The van der Waals surface area contributed by atoms with Crippen molar-refractivity contribution < 1.29 is 21.4 Å². The summed E-state index contributed by atoms with van der Waals surface area (Å²) in [5.74, 6) is -2.33. The number of rotatable bonds is 2. The average molecular weight is 208 g/mol. The van der Waals surface area contributed by atoms with Gasteiger partial charge in [-0.2, -0.15) is 8.42 Å². The van der Waals surface area contributed by atoms with Crippen LogP contribution in [0.15, 0.2) is 23.1 Å². The SMILES string of the molecule is COS(=O)(=O)c1c(F)cccc1F. The fourth-order valence-corrected chi connectivity index (χ4v) is 1.59. The molecule has 0 heterocycles. The largest absolute Gasteiger partial charge is 0.302 e. The first-order valence-electron chi connectivity index (χ1n) is 3.23. The molecule has 13 heavy (non-hydrogen) atoms. The second-order valence-corrected chi connectivity index (χ2v) is 3.82. The van der Waals surface area contributed by atoms with Crippen LogP contribution >= 0.6 is 0 Å². The van der Waals surface area contributed by atoms with Gasteiger partial charge in [-0.05, 0) is 12.1 Å². The van der Waals surface area contributed by atoms with Crippen LogP contribution in [0.5, 0.6) is 0 Å². The highest BCUT2D eigenvalue weighted by Gasteiger charge is 2.22. The third-order valence-electron chi connectivity index (χ3n) is 1.39. The molecule has 0 aromatic heterocycles. The van der Waals surface area contributed by atoms with Gasteiger partial charge in [0.05, 0.1) is 7.11 Å². The second-order valence-electron chi connectivity index (χ2n) is 2.17. The Labute approximate surface area is 74.1 Å². The summed E-state index contributed by atoms with van der Waals surface area (Å²) in [5, 5.41) is 0. The Kier molecular flexibility index (Phi) is 2.63. The summed E-state index contributed by atoms with van der Waals surface area (Å²) in [7, 11) is -3.47. The van der Waals surface area contributed by atoms with E-state index in [0.717, 1.165) is 25.3 Å². The molecule has 0 fully saturated rings. The van der Waals surface area contributed by atoms with E-state index in [0.29, 0.717) is 0 Å². The van der Waals surface area contributed by atoms with E-state index in [1.807, 2.05) is 0 Å². The average Bonchev–Trinajstić information content (AvgIpc) is 2.03. The van der Waals surface area contributed by atoms with Crippen molar-refractivity contribution in [3.05, 3.63) is 29.8 Å². The van der Waals surface area contributed by atoms with Crippen molar-refractivity contribution in [2.45, 2.75) is 4.90 Å². The molecule has 1 aromatic rings. The van der Waals surface area contributed by atoms with Gasteiger partial charge in [-0.15, -0.1) is 0 Å². The maximum atomic E-state index is 12.8. The molecule has 3 nitrogen and oxygen atoms in total. The molecule has 0 unspecified atom stereocenters. The van der Waals surface area contributed by atoms with Crippen molar-refractivity contribution in [3.63, 3.8) is 0 Å². The fraction of sp³-hybridized carbons (Fsp3) is 0.143. The Morgan fingerprint density at radius 2 is 1.69 bits per heavy atom. The van der Waals surface area contributed by atoms with E-state index in [1.54, 1.807) is 0 Å². The van der Waals surface area contributed by atoms with Crippen LogP contribution in [-0.2, 0) is 14.3 Å². The third-order valence-corrected chi connectivity index (χ3v) is 2.72. The molecule has 0 aliphatic heterocycles. The van der Waals surface area contributed by atoms with Gasteiger partial charge in [0.1, 0.15) is 11.6 Å². The van der Waals surface area contributed by atoms with Crippen LogP contribution in [0.25, 0.3) is 0 Å². The number of benzene rings is 1. The highest BCUT2D eigenvalue weighted by molar-refractivity contribution is 7.86. The minimum atomic E-state index is -4.31. The molecule has 0 N–H and O–H groups in total. The molecule has 72 valence electrons. The highest BCUT2D eigenvalue weighted by atomic mass is 32.2. The van der Waals surface area contributed by atoms with Gasteiger partial charge in [0.15, 0.2) is 4.90 Å². The van der Waals surface area contributed by atoms with Crippen molar-refractivity contribution in [1.82, 2.24) is 0 Å². The molecule has 1 rings (SSSR count). The molecule has 0 aliphatic carbocycles. The van der Waals surface area contributed by atoms with Gasteiger partial charge in [0.2, 0.25) is 0 Å². The lowest BCUT2D eigenvalue weighted by molar-refractivity contribution is 0.387. The molecule has 0 aliphatic rings. The summed E-state index contributed by atoms with van der Waals surface area (Å²) in [5.41, 5.74) is 0. The van der Waals surface area contributed by atoms with Crippen molar-refractivity contribution >= 4 is 10.1 Å². The lowest BCUT2D eigenvalue weighted by Gasteiger charge is -2.02. The predicted molar refractivity (Wildman–Crippen MR) is 40.6 cm³/mol. The number of hydrogen-bond donors (Lipinski definition) is 0. The van der Waals surface area contributed by atoms with Gasteiger partial charge in [0.25, 0.3) is 0 Å². The monoisotopic (exact) mass is 208 g/mol. The summed E-state index contributed by atoms with van der Waals surface area (Å²) in [6.07, 6.45) is 0. The van der Waals surface area contributed by atoms with Crippen LogP contribution < -0.4 is 0 Å². The van der Waals surface area contributed by atoms with Crippen LogP contribution in [0.3, 0.4) is 0 Å². The van der Waals surface area contributed by atoms with Crippen molar-refractivity contribution in [1.29, 1.82) is 0 Å². The predicted octanol–water partition coefficient (Wildman–Crippen LogP) is 1.30. The molecular weight excluding hydrogens is 202 g/mol. The molecule has 6 heteroatoms. The molecule has 0 atom stereocenters. The van der Waals surface area contributed by atoms with Crippen LogP contribution in [0.2, 0.25) is 0 Å². The molecule has 0 saturated carbocycles. The molecule has 0 saturated heterocycles. The third kappa shape index (κ3) is 1.84. The standard InChI is InChI=1S/C7H6F2O3S/c1-12-13(10,11)7-5(8)3-2-4-6(7)9/h2-4H,1H3. The molecule has 1 aromatic carbocycles. The number of halogens is 2. The summed E-state index contributed by atoms with van der Waals surface area (Å²) < 4.78 is 51.5. The number of hydrogen-bond acceptors (Lipinski definition) is 3. The topological polar surface area (TPSA) is 43.4 Å². The normalized spacial score (nSPS) is 11.6. The van der Waals surface area contributed by atoms with Crippen molar-refractivity contribution in [2.75, 3.05) is 7.11 Å². The van der Waals surface area contributed by atoms with E-state index in [-0.39, 0.29) is 0 Å². The molecule has 0 spiro atoms. The maximum absolute atomic E-state index is 12.8. The van der Waals surface area contributed by atoms with Gasteiger partial charge >= 0.3 is 10.1 Å². The Hall–Kier alpha value is -1.01. The Morgan fingerprint density at radius 1 is 1.23 bits per heavy atom. The quantitative estimate of drug-likeness (QED) is 0.688. The van der Waals surface area contributed by atoms with Crippen LogP contribution in [0.1, 0.15) is 0 Å². The van der Waals surface area contributed by atoms with E-state index < -0.39 is 26.6 Å². The first-order valence-corrected chi connectivity index (χ1v) is 4.64. The van der Waals surface area contributed by atoms with E-state index in [9.17, 15) is 17.2 Å². The Bertz CT molecular complexity index is 393. The smallest absolute Gasteiger partial charge is 0.270 e. The van der Waals surface area contributed by atoms with E-state index in [2.05, 4.69) is 4.18 Å². The van der Waals surface area contributed by atoms with E-state index in [4.69, 9.17) is 0 Å². The van der Waals surface area contributed by atoms with Crippen molar-refractivity contribution in [3.8, 4) is 0 Å². The minimum Gasteiger partial charge on any atom is -0.270 e. The van der Waals surface area contributed by atoms with Crippen molar-refractivity contribution in [2.24, 2.45) is 0 Å². The highest BCUT2D eigenvalue weighted by Crippen LogP contribution is 2.19. The maximum Gasteiger partial charge on any atom is 0.302 e. The lowest BCUT2D eigenvalue weighted by atomic mass is 10.3. The van der Waals surface area contributed by atoms with Gasteiger partial charge in [0, 0.05) is 0 Å². The van der Waals surface area contributed by atoms with Crippen LogP contribution in [0.4, 0.5) is 8.78 Å². The van der Waals surface area contributed by atoms with Gasteiger partial charge < -0.3 is 0 Å². The Morgan fingerprint density at radius 3 is 2.08 bits per heavy atom. The van der Waals surface area contributed by atoms with Crippen LogP contribution in [0, 0.1) is 11.6 Å². The summed E-state index contributed by atoms with van der Waals surface area (Å²) >= 11 is 0. The molecule has 0 amide bonds. The summed E-state index contributed by atoms with van der Waals surface area (Å²) in [6.45, 7) is 0. The molecule has 0 bridgehead atoms. The summed E-state index contributed by atoms with van der Waals surface area (Å²) in [6, 6.07) is 2.75. The van der Waals surface area contributed by atoms with Crippen LogP contribution in [-0.4, -0.2) is 15.5 Å². The van der Waals surface area contributed by atoms with Gasteiger partial charge in [-0.25, -0.2) is 8.78 Å². The molecular formula is C7H6F2O3S. The first-order chi connectivity index (χ1) is 5.99. The zero-order valence-electron chi connectivity index (χ0n) is 6.62. The first kappa shape index (κ1) is 10.1. The minimum absolute atomic E-state index is 0.835. The lowest BCUT2D eigenvalue weighted by Crippen LogP contribution is -2.08. The summed E-state index contributed by atoms with van der Waals surface area (Å²) in [4.78, 5) is -1.06. The zero-order chi connectivity index (χ0) is 10.1. The second kappa shape index (κ2) is 3.39. The molecule has 0 radical (unpaired) electrons. The van der Waals surface area contributed by atoms with Gasteiger partial charge in [-0.1, -0.05) is 6.07 Å².